The van der Waals surface area contributed by atoms with Crippen LogP contribution in [0.15, 0.2) is 67.1 Å². The smallest absolute Gasteiger partial charge is 0.203 e. The molecule has 0 N–H and O–H groups in total. The second-order valence-electron chi connectivity index (χ2n) is 8.07. The van der Waals surface area contributed by atoms with E-state index in [1.807, 2.05) is 54.1 Å². The molecular weight excluding hydrogens is 478 g/mol. The number of hydrogen-bond donors (Lipinski definition) is 0. The largest absolute Gasteiger partial charge is 0.493 e. The molecule has 0 saturated carbocycles. The van der Waals surface area contributed by atoms with Crippen molar-refractivity contribution < 1.29 is 18.9 Å². The average molecular weight is 504 g/mol. The highest BCUT2D eigenvalue weighted by Gasteiger charge is 2.21. The molecule has 0 spiro atoms. The van der Waals surface area contributed by atoms with Crippen molar-refractivity contribution in [2.75, 3.05) is 21.3 Å². The molecule has 0 radical (unpaired) electrons. The lowest BCUT2D eigenvalue weighted by Gasteiger charge is -2.21. The minimum absolute atomic E-state index is 0.291. The number of hydrogen-bond acceptors (Lipinski definition) is 6. The molecule has 1 heterocycles. The van der Waals surface area contributed by atoms with E-state index in [-0.39, 0.29) is 0 Å². The summed E-state index contributed by atoms with van der Waals surface area (Å²) in [5, 5.41) is 9.78. The van der Waals surface area contributed by atoms with Crippen molar-refractivity contribution in [3.8, 4) is 34.4 Å². The molecule has 0 aliphatic heterocycles. The number of benzene rings is 3. The molecule has 1 atom stereocenters. The number of nitrogens with zero attached hydrogens (tertiary/aromatic N) is 3. The second kappa shape index (κ2) is 11.2. The van der Waals surface area contributed by atoms with Crippen molar-refractivity contribution in [1.29, 1.82) is 5.26 Å². The van der Waals surface area contributed by atoms with E-state index in [2.05, 4.69) is 11.1 Å². The first-order chi connectivity index (χ1) is 17.5. The molecule has 7 nitrogen and oxygen atoms in total. The van der Waals surface area contributed by atoms with Crippen molar-refractivity contribution in [2.45, 2.75) is 12.7 Å². The van der Waals surface area contributed by atoms with Crippen LogP contribution in [0.3, 0.4) is 0 Å². The van der Waals surface area contributed by atoms with Gasteiger partial charge >= 0.3 is 0 Å². The molecule has 0 amide bonds. The van der Waals surface area contributed by atoms with Crippen molar-refractivity contribution in [1.82, 2.24) is 9.55 Å². The van der Waals surface area contributed by atoms with E-state index >= 15 is 0 Å². The highest BCUT2D eigenvalue weighted by molar-refractivity contribution is 6.30. The lowest BCUT2D eigenvalue weighted by Crippen LogP contribution is -2.11. The molecule has 0 aliphatic carbocycles. The minimum atomic E-state index is -0.395. The van der Waals surface area contributed by atoms with Crippen molar-refractivity contribution >= 4 is 11.6 Å². The van der Waals surface area contributed by atoms with Crippen LogP contribution >= 0.6 is 11.6 Å². The number of aromatic nitrogens is 2. The Labute approximate surface area is 215 Å². The zero-order valence-electron chi connectivity index (χ0n) is 20.5. The summed E-state index contributed by atoms with van der Waals surface area (Å²) in [5.41, 5.74) is 5.05. The summed E-state index contributed by atoms with van der Waals surface area (Å²) in [5.74, 6) is 1.61. The van der Waals surface area contributed by atoms with Gasteiger partial charge in [0.15, 0.2) is 11.5 Å². The topological polar surface area (TPSA) is 78.5 Å². The van der Waals surface area contributed by atoms with Gasteiger partial charge in [-0.1, -0.05) is 29.8 Å². The maximum atomic E-state index is 9.18. The van der Waals surface area contributed by atoms with Gasteiger partial charge in [0.05, 0.1) is 57.8 Å². The van der Waals surface area contributed by atoms with E-state index in [4.69, 9.17) is 30.5 Å². The van der Waals surface area contributed by atoms with Crippen LogP contribution in [0, 0.1) is 11.3 Å². The van der Waals surface area contributed by atoms with E-state index < -0.39 is 6.10 Å². The number of nitriles is 1. The van der Waals surface area contributed by atoms with Gasteiger partial charge in [-0.3, -0.25) is 0 Å². The van der Waals surface area contributed by atoms with E-state index in [0.29, 0.717) is 34.4 Å². The predicted molar refractivity (Wildman–Crippen MR) is 138 cm³/mol. The standard InChI is InChI=1S/C28H26ClN3O4/c1-32-17-31-15-24(32)27(19-7-5-18(14-30)6-8-19)36-16-20-9-10-22(29)13-23(20)21-11-25(33-2)28(35-4)26(12-21)34-3/h5-13,15,17,27H,16H2,1-4H3. The summed E-state index contributed by atoms with van der Waals surface area (Å²) in [6.45, 7) is 0.291. The fourth-order valence-electron chi connectivity index (χ4n) is 4.06. The van der Waals surface area contributed by atoms with Crippen LogP contribution in [0.4, 0.5) is 0 Å². The molecule has 0 bridgehead atoms. The SMILES string of the molecule is COc1cc(-c2cc(Cl)ccc2COC(c2ccc(C#N)cc2)c2cncn2C)cc(OC)c1OC. The van der Waals surface area contributed by atoms with Gasteiger partial charge in [-0.15, -0.1) is 0 Å². The average Bonchev–Trinajstić information content (AvgIpc) is 3.34. The van der Waals surface area contributed by atoms with Crippen molar-refractivity contribution in [3.63, 3.8) is 0 Å². The van der Waals surface area contributed by atoms with E-state index in [9.17, 15) is 5.26 Å². The Morgan fingerprint density at radius 3 is 2.22 bits per heavy atom. The zero-order valence-corrected chi connectivity index (χ0v) is 21.2. The highest BCUT2D eigenvalue weighted by atomic mass is 35.5. The maximum Gasteiger partial charge on any atom is 0.203 e. The van der Waals surface area contributed by atoms with E-state index in [1.54, 1.807) is 46.0 Å². The lowest BCUT2D eigenvalue weighted by molar-refractivity contribution is 0.0624. The Bertz CT molecular complexity index is 1370. The van der Waals surface area contributed by atoms with Gasteiger partial charge in [-0.25, -0.2) is 4.98 Å². The third kappa shape index (κ3) is 5.15. The van der Waals surface area contributed by atoms with E-state index in [0.717, 1.165) is 27.9 Å². The molecule has 1 unspecified atom stereocenters. The molecule has 0 saturated heterocycles. The normalized spacial score (nSPS) is 11.6. The number of methoxy groups -OCH3 is 3. The number of imidazole rings is 1. The Kier molecular flexibility index (Phi) is 7.79. The van der Waals surface area contributed by atoms with Crippen molar-refractivity contribution in [2.24, 2.45) is 7.05 Å². The number of halogens is 1. The molecule has 4 aromatic rings. The maximum absolute atomic E-state index is 9.18. The molecule has 0 aliphatic rings. The Hall–Kier alpha value is -3.99. The molecule has 36 heavy (non-hydrogen) atoms. The summed E-state index contributed by atoms with van der Waals surface area (Å²) >= 11 is 6.40. The van der Waals surface area contributed by atoms with Gasteiger partial charge in [0.25, 0.3) is 0 Å². The Balaban J connectivity index is 1.73. The number of rotatable bonds is 9. The minimum Gasteiger partial charge on any atom is -0.493 e. The van der Waals surface area contributed by atoms with Gasteiger partial charge in [0.1, 0.15) is 6.10 Å². The van der Waals surface area contributed by atoms with Crippen LogP contribution in [-0.2, 0) is 18.4 Å². The summed E-state index contributed by atoms with van der Waals surface area (Å²) < 4.78 is 25.0. The third-order valence-corrected chi connectivity index (χ3v) is 6.15. The van der Waals surface area contributed by atoms with Crippen LogP contribution in [0.25, 0.3) is 11.1 Å². The molecule has 4 rings (SSSR count). The predicted octanol–water partition coefficient (Wildman–Crippen LogP) is 5.94. The zero-order chi connectivity index (χ0) is 25.7. The van der Waals surface area contributed by atoms with Crippen LogP contribution in [-0.4, -0.2) is 30.9 Å². The van der Waals surface area contributed by atoms with Crippen LogP contribution in [0.1, 0.15) is 28.5 Å². The second-order valence-corrected chi connectivity index (χ2v) is 8.51. The van der Waals surface area contributed by atoms with Gasteiger partial charge in [0, 0.05) is 12.1 Å². The summed E-state index contributed by atoms with van der Waals surface area (Å²) in [6.07, 6.45) is 3.12. The first-order valence-electron chi connectivity index (χ1n) is 11.2. The lowest BCUT2D eigenvalue weighted by atomic mass is 9.99. The summed E-state index contributed by atoms with van der Waals surface area (Å²) in [4.78, 5) is 4.26. The third-order valence-electron chi connectivity index (χ3n) is 5.92. The Morgan fingerprint density at radius 2 is 1.67 bits per heavy atom. The molecule has 8 heteroatoms. The molecule has 0 fully saturated rings. The van der Waals surface area contributed by atoms with Crippen LogP contribution in [0.2, 0.25) is 5.02 Å². The number of ether oxygens (including phenoxy) is 4. The quantitative estimate of drug-likeness (QED) is 0.281. The monoisotopic (exact) mass is 503 g/mol. The van der Waals surface area contributed by atoms with E-state index in [1.165, 1.54) is 0 Å². The van der Waals surface area contributed by atoms with Gasteiger partial charge in [-0.05, 0) is 58.7 Å². The highest BCUT2D eigenvalue weighted by Crippen LogP contribution is 2.42. The molecule has 184 valence electrons. The van der Waals surface area contributed by atoms with Gasteiger partial charge < -0.3 is 23.5 Å². The van der Waals surface area contributed by atoms with Crippen LogP contribution < -0.4 is 14.2 Å². The Morgan fingerprint density at radius 1 is 0.972 bits per heavy atom. The summed E-state index contributed by atoms with van der Waals surface area (Å²) in [7, 11) is 6.66. The first kappa shape index (κ1) is 25.1. The van der Waals surface area contributed by atoms with Gasteiger partial charge in [0.2, 0.25) is 5.75 Å². The molecule has 1 aromatic heterocycles. The number of aryl methyl sites for hydroxylation is 1. The fraction of sp³-hybridized carbons (Fsp3) is 0.214. The van der Waals surface area contributed by atoms with Gasteiger partial charge in [-0.2, -0.15) is 5.26 Å². The molecular formula is C28H26ClN3O4. The fourth-order valence-corrected chi connectivity index (χ4v) is 4.23. The first-order valence-corrected chi connectivity index (χ1v) is 11.5. The summed E-state index contributed by atoms with van der Waals surface area (Å²) in [6, 6.07) is 19.0. The molecule has 3 aromatic carbocycles. The van der Waals surface area contributed by atoms with Crippen molar-refractivity contribution in [3.05, 3.63) is 94.5 Å². The van der Waals surface area contributed by atoms with Crippen LogP contribution in [0.5, 0.6) is 17.2 Å².